The zero-order valence-electron chi connectivity index (χ0n) is 10.3. The van der Waals surface area contributed by atoms with Crippen LogP contribution in [-0.4, -0.2) is 13.1 Å². The second-order valence-electron chi connectivity index (χ2n) is 3.36. The van der Waals surface area contributed by atoms with Crippen molar-refractivity contribution in [3.8, 4) is 18.2 Å². The van der Waals surface area contributed by atoms with Crippen molar-refractivity contribution in [3.05, 3.63) is 40.1 Å². The van der Waals surface area contributed by atoms with E-state index in [-0.39, 0.29) is 22.0 Å². The summed E-state index contributed by atoms with van der Waals surface area (Å²) in [5, 5.41) is 29.1. The Morgan fingerprint density at radius 2 is 1.90 bits per heavy atom. The molecule has 0 amide bonds. The minimum Gasteiger partial charge on any atom is -0.465 e. The minimum atomic E-state index is -0.703. The van der Waals surface area contributed by atoms with E-state index < -0.39 is 11.5 Å². The Kier molecular flexibility index (Phi) is 5.12. The van der Waals surface area contributed by atoms with Crippen LogP contribution in [-0.2, 0) is 4.74 Å². The Morgan fingerprint density at radius 1 is 1.25 bits per heavy atom. The molecule has 0 atom stereocenters. The summed E-state index contributed by atoms with van der Waals surface area (Å²) < 4.78 is 4.59. The van der Waals surface area contributed by atoms with Crippen molar-refractivity contribution >= 4 is 23.3 Å². The average Bonchev–Trinajstić information content (AvgIpc) is 2.46. The van der Waals surface area contributed by atoms with Crippen molar-refractivity contribution in [1.29, 1.82) is 15.8 Å². The first kappa shape index (κ1) is 15.0. The largest absolute Gasteiger partial charge is 0.465 e. The van der Waals surface area contributed by atoms with E-state index in [2.05, 4.69) is 10.1 Å². The van der Waals surface area contributed by atoms with E-state index in [0.29, 0.717) is 0 Å². The molecule has 0 bridgehead atoms. The number of halogens is 1. The Bertz CT molecular complexity index is 689. The highest BCUT2D eigenvalue weighted by Gasteiger charge is 2.17. The molecule has 0 unspecified atom stereocenters. The number of ether oxygens (including phenoxy) is 1. The third-order valence-electron chi connectivity index (χ3n) is 2.25. The van der Waals surface area contributed by atoms with E-state index >= 15 is 0 Å². The molecule has 1 rings (SSSR count). The molecule has 1 N–H and O–H groups in total. The molecule has 6 nitrogen and oxygen atoms in total. The van der Waals surface area contributed by atoms with Gasteiger partial charge in [0.25, 0.3) is 0 Å². The lowest BCUT2D eigenvalue weighted by atomic mass is 10.1. The Labute approximate surface area is 120 Å². The molecule has 0 fully saturated rings. The fraction of sp³-hybridized carbons (Fsp3) is 0.0769. The smallest absolute Gasteiger partial charge is 0.341 e. The van der Waals surface area contributed by atoms with Gasteiger partial charge < -0.3 is 10.1 Å². The first-order chi connectivity index (χ1) is 9.58. The molecule has 0 aliphatic carbocycles. The van der Waals surface area contributed by atoms with Crippen LogP contribution in [0.4, 0.5) is 5.69 Å². The fourth-order valence-electron chi connectivity index (χ4n) is 1.36. The quantitative estimate of drug-likeness (QED) is 0.674. The number of methoxy groups -OCH3 is 1. The van der Waals surface area contributed by atoms with Gasteiger partial charge in [-0.25, -0.2) is 4.79 Å². The van der Waals surface area contributed by atoms with Crippen molar-refractivity contribution in [2.24, 2.45) is 0 Å². The summed E-state index contributed by atoms with van der Waals surface area (Å²) in [5.74, 6) is -0.703. The van der Waals surface area contributed by atoms with Gasteiger partial charge in [-0.1, -0.05) is 17.7 Å². The van der Waals surface area contributed by atoms with Gasteiger partial charge in [0.15, 0.2) is 5.57 Å². The van der Waals surface area contributed by atoms with E-state index in [9.17, 15) is 4.79 Å². The third kappa shape index (κ3) is 3.05. The van der Waals surface area contributed by atoms with Gasteiger partial charge in [0.05, 0.1) is 17.8 Å². The van der Waals surface area contributed by atoms with E-state index in [0.717, 1.165) is 0 Å². The van der Waals surface area contributed by atoms with Crippen molar-refractivity contribution in [2.45, 2.75) is 0 Å². The predicted octanol–water partition coefficient (Wildman–Crippen LogP) is 2.36. The van der Waals surface area contributed by atoms with E-state index in [4.69, 9.17) is 27.4 Å². The van der Waals surface area contributed by atoms with Crippen LogP contribution in [0.15, 0.2) is 29.5 Å². The molecule has 98 valence electrons. The molecule has 0 saturated heterocycles. The van der Waals surface area contributed by atoms with Gasteiger partial charge in [0.2, 0.25) is 0 Å². The maximum Gasteiger partial charge on any atom is 0.341 e. The Hall–Kier alpha value is -3.01. The number of esters is 1. The number of nitrogens with one attached hydrogen (secondary N) is 1. The number of nitrogens with zero attached hydrogens (tertiary/aromatic N) is 3. The molecule has 0 heterocycles. The van der Waals surface area contributed by atoms with Crippen LogP contribution >= 0.6 is 11.6 Å². The minimum absolute atomic E-state index is 0.0136. The van der Waals surface area contributed by atoms with E-state index in [1.165, 1.54) is 19.2 Å². The van der Waals surface area contributed by atoms with Gasteiger partial charge >= 0.3 is 5.97 Å². The van der Waals surface area contributed by atoms with Crippen molar-refractivity contribution in [2.75, 3.05) is 12.4 Å². The van der Waals surface area contributed by atoms with Gasteiger partial charge in [-0.05, 0) is 12.1 Å². The van der Waals surface area contributed by atoms with Gasteiger partial charge in [-0.3, -0.25) is 0 Å². The lowest BCUT2D eigenvalue weighted by Crippen LogP contribution is -2.09. The Morgan fingerprint density at radius 3 is 2.40 bits per heavy atom. The van der Waals surface area contributed by atoms with Crippen LogP contribution in [0.2, 0.25) is 5.02 Å². The molecular formula is C13H7ClN4O2. The maximum atomic E-state index is 11.7. The number of carbonyl (C=O) groups excluding carboxylic acids is 1. The van der Waals surface area contributed by atoms with E-state index in [1.807, 2.05) is 0 Å². The molecule has 7 heteroatoms. The zero-order valence-corrected chi connectivity index (χ0v) is 11.0. The third-order valence-corrected chi connectivity index (χ3v) is 2.56. The first-order valence-corrected chi connectivity index (χ1v) is 5.55. The van der Waals surface area contributed by atoms with Crippen LogP contribution in [0.25, 0.3) is 0 Å². The number of benzene rings is 1. The fourth-order valence-corrected chi connectivity index (χ4v) is 1.61. The molecule has 1 aromatic carbocycles. The van der Waals surface area contributed by atoms with Crippen LogP contribution < -0.4 is 5.32 Å². The molecule has 0 spiro atoms. The van der Waals surface area contributed by atoms with Crippen molar-refractivity contribution in [1.82, 2.24) is 0 Å². The normalized spacial score (nSPS) is 8.55. The summed E-state index contributed by atoms with van der Waals surface area (Å²) in [6, 6.07) is 9.35. The molecule has 20 heavy (non-hydrogen) atoms. The number of nitriles is 3. The molecule has 0 aromatic heterocycles. The highest BCUT2D eigenvalue weighted by Crippen LogP contribution is 2.26. The van der Waals surface area contributed by atoms with Gasteiger partial charge in [0, 0.05) is 0 Å². The number of hydrogen-bond acceptors (Lipinski definition) is 6. The maximum absolute atomic E-state index is 11.7. The number of hydrogen-bond donors (Lipinski definition) is 1. The second-order valence-corrected chi connectivity index (χ2v) is 3.77. The molecule has 0 saturated carbocycles. The topological polar surface area (TPSA) is 110 Å². The van der Waals surface area contributed by atoms with Crippen molar-refractivity contribution < 1.29 is 9.53 Å². The summed E-state index contributed by atoms with van der Waals surface area (Å²) in [6.07, 6.45) is 0. The number of carbonyl (C=O) groups is 1. The number of anilines is 1. The lowest BCUT2D eigenvalue weighted by molar-refractivity contribution is 0.0602. The predicted molar refractivity (Wildman–Crippen MR) is 70.3 cm³/mol. The summed E-state index contributed by atoms with van der Waals surface area (Å²) in [5.41, 5.74) is -0.491. The first-order valence-electron chi connectivity index (χ1n) is 5.17. The molecule has 0 radical (unpaired) electrons. The molecule has 0 aliphatic rings. The summed E-state index contributed by atoms with van der Waals surface area (Å²) in [6.45, 7) is 0. The monoisotopic (exact) mass is 286 g/mol. The van der Waals surface area contributed by atoms with E-state index in [1.54, 1.807) is 24.3 Å². The molecule has 0 aliphatic heterocycles. The number of rotatable bonds is 3. The van der Waals surface area contributed by atoms with Crippen LogP contribution in [0.5, 0.6) is 0 Å². The number of allylic oxidation sites excluding steroid dienone is 2. The SMILES string of the molecule is COC(=O)c1c(Cl)cccc1NC(C#N)=C(C#N)C#N. The zero-order chi connectivity index (χ0) is 15.1. The standard InChI is InChI=1S/C13H7ClN4O2/c1-20-13(19)12-9(14)3-2-4-10(12)18-11(7-17)8(5-15)6-16/h2-4,18H,1H3. The van der Waals surface area contributed by atoms with Gasteiger partial charge in [-0.2, -0.15) is 15.8 Å². The molecular weight excluding hydrogens is 280 g/mol. The van der Waals surface area contributed by atoms with Gasteiger partial charge in [-0.15, -0.1) is 0 Å². The second kappa shape index (κ2) is 6.80. The summed E-state index contributed by atoms with van der Waals surface area (Å²) >= 11 is 5.91. The highest BCUT2D eigenvalue weighted by atomic mass is 35.5. The summed E-state index contributed by atoms with van der Waals surface area (Å²) in [7, 11) is 1.19. The van der Waals surface area contributed by atoms with Crippen LogP contribution in [0.1, 0.15) is 10.4 Å². The highest BCUT2D eigenvalue weighted by molar-refractivity contribution is 6.34. The lowest BCUT2D eigenvalue weighted by Gasteiger charge is -2.11. The average molecular weight is 287 g/mol. The Balaban J connectivity index is 3.38. The van der Waals surface area contributed by atoms with Crippen molar-refractivity contribution in [3.63, 3.8) is 0 Å². The summed E-state index contributed by atoms with van der Waals surface area (Å²) in [4.78, 5) is 11.7. The van der Waals surface area contributed by atoms with Gasteiger partial charge in [0.1, 0.15) is 29.5 Å². The van der Waals surface area contributed by atoms with Crippen LogP contribution in [0, 0.1) is 34.0 Å². The van der Waals surface area contributed by atoms with Crippen LogP contribution in [0.3, 0.4) is 0 Å². The molecule has 1 aromatic rings.